The van der Waals surface area contributed by atoms with E-state index in [4.69, 9.17) is 5.73 Å². The molecular formula is C19H16N2O3S. The first-order valence-corrected chi connectivity index (χ1v) is 8.75. The first kappa shape index (κ1) is 15.7. The summed E-state index contributed by atoms with van der Waals surface area (Å²) in [5.41, 5.74) is 8.10. The fraction of sp³-hybridized carbons (Fsp3) is 0.105. The third-order valence-corrected chi connectivity index (χ3v) is 5.27. The van der Waals surface area contributed by atoms with Gasteiger partial charge in [-0.1, -0.05) is 12.1 Å². The van der Waals surface area contributed by atoms with E-state index in [1.165, 1.54) is 11.3 Å². The lowest BCUT2D eigenvalue weighted by Crippen LogP contribution is -2.04. The molecule has 0 bridgehead atoms. The highest BCUT2D eigenvalue weighted by Gasteiger charge is 2.16. The van der Waals surface area contributed by atoms with E-state index in [1.54, 1.807) is 18.2 Å². The first-order chi connectivity index (χ1) is 12.1. The molecule has 2 aromatic carbocycles. The minimum atomic E-state index is -0.143. The molecule has 6 heteroatoms. The van der Waals surface area contributed by atoms with Crippen molar-refractivity contribution >= 4 is 32.3 Å². The van der Waals surface area contributed by atoms with E-state index in [-0.39, 0.29) is 17.1 Å². The van der Waals surface area contributed by atoms with Crippen molar-refractivity contribution in [3.8, 4) is 22.6 Å². The number of hydrogen-bond donors (Lipinski definition) is 4. The van der Waals surface area contributed by atoms with E-state index in [0.717, 1.165) is 16.3 Å². The van der Waals surface area contributed by atoms with Gasteiger partial charge in [0.15, 0.2) is 0 Å². The summed E-state index contributed by atoms with van der Waals surface area (Å²) in [6, 6.07) is 10.4. The molecule has 0 atom stereocenters. The van der Waals surface area contributed by atoms with E-state index in [9.17, 15) is 15.0 Å². The molecule has 5 nitrogen and oxygen atoms in total. The number of nitrogens with two attached hydrogens (primary N) is 1. The Balaban J connectivity index is 2.07. The van der Waals surface area contributed by atoms with Crippen LogP contribution in [0.4, 0.5) is 0 Å². The van der Waals surface area contributed by atoms with Crippen molar-refractivity contribution in [3.05, 3.63) is 57.7 Å². The van der Waals surface area contributed by atoms with Crippen molar-refractivity contribution < 1.29 is 10.2 Å². The number of rotatable bonds is 3. The number of aromatic hydroxyl groups is 2. The molecule has 0 fully saturated rings. The van der Waals surface area contributed by atoms with Crippen molar-refractivity contribution in [2.75, 3.05) is 6.54 Å². The van der Waals surface area contributed by atoms with Crippen LogP contribution in [-0.2, 0) is 6.42 Å². The highest BCUT2D eigenvalue weighted by Crippen LogP contribution is 2.40. The normalized spacial score (nSPS) is 11.4. The van der Waals surface area contributed by atoms with Crippen LogP contribution in [0, 0.1) is 0 Å². The number of pyridine rings is 1. The number of phenols is 2. The highest BCUT2D eigenvalue weighted by molar-refractivity contribution is 7.17. The zero-order valence-corrected chi connectivity index (χ0v) is 14.1. The molecule has 0 aliphatic rings. The molecule has 0 amide bonds. The molecule has 0 saturated heterocycles. The van der Waals surface area contributed by atoms with Gasteiger partial charge in [0, 0.05) is 21.9 Å². The maximum atomic E-state index is 12.2. The molecule has 0 aliphatic heterocycles. The first-order valence-electron chi connectivity index (χ1n) is 7.87. The molecule has 25 heavy (non-hydrogen) atoms. The van der Waals surface area contributed by atoms with Gasteiger partial charge in [0.2, 0.25) is 0 Å². The highest BCUT2D eigenvalue weighted by atomic mass is 32.1. The van der Waals surface area contributed by atoms with Crippen LogP contribution in [0.5, 0.6) is 11.5 Å². The van der Waals surface area contributed by atoms with Crippen molar-refractivity contribution in [1.82, 2.24) is 4.98 Å². The van der Waals surface area contributed by atoms with E-state index in [2.05, 4.69) is 4.98 Å². The second-order valence-corrected chi connectivity index (χ2v) is 6.80. The number of phenolic OH excluding ortho intramolecular Hbond substituents is 2. The molecule has 2 heterocycles. The van der Waals surface area contributed by atoms with Gasteiger partial charge in [-0.25, -0.2) is 0 Å². The Labute approximate surface area is 147 Å². The molecule has 0 unspecified atom stereocenters. The van der Waals surface area contributed by atoms with Crippen LogP contribution in [0.15, 0.2) is 46.6 Å². The summed E-state index contributed by atoms with van der Waals surface area (Å²) >= 11 is 1.36. The third kappa shape index (κ3) is 2.47. The van der Waals surface area contributed by atoms with Crippen molar-refractivity contribution in [3.63, 3.8) is 0 Å². The van der Waals surface area contributed by atoms with Gasteiger partial charge in [-0.05, 0) is 53.7 Å². The van der Waals surface area contributed by atoms with Gasteiger partial charge in [0.1, 0.15) is 16.2 Å². The quantitative estimate of drug-likeness (QED) is 0.454. The minimum Gasteiger partial charge on any atom is -0.508 e. The van der Waals surface area contributed by atoms with Gasteiger partial charge < -0.3 is 20.9 Å². The summed E-state index contributed by atoms with van der Waals surface area (Å²) in [7, 11) is 0. The van der Waals surface area contributed by atoms with Crippen LogP contribution in [0.3, 0.4) is 0 Å². The fourth-order valence-electron chi connectivity index (χ4n) is 3.22. The van der Waals surface area contributed by atoms with Gasteiger partial charge >= 0.3 is 0 Å². The zero-order chi connectivity index (χ0) is 17.6. The molecule has 4 rings (SSSR count). The van der Waals surface area contributed by atoms with Crippen LogP contribution in [-0.4, -0.2) is 21.7 Å². The number of nitrogens with one attached hydrogen (secondary N) is 1. The molecule has 5 N–H and O–H groups in total. The van der Waals surface area contributed by atoms with Gasteiger partial charge in [-0.2, -0.15) is 0 Å². The zero-order valence-electron chi connectivity index (χ0n) is 13.2. The standard InChI is InChI=1S/C19H16N2O3S/c20-7-5-10-1-2-11(9-15(10)23)16-14(22)4-3-13-17(16)12-6-8-25-18(12)19(24)21-13/h1-4,6,8-9,22-23H,5,7,20H2,(H,21,24). The number of benzene rings is 2. The number of thiophene rings is 1. The predicted octanol–water partition coefficient (Wildman–Crippen LogP) is 3.32. The van der Waals surface area contributed by atoms with Gasteiger partial charge in [-0.3, -0.25) is 4.79 Å². The van der Waals surface area contributed by atoms with Crippen LogP contribution < -0.4 is 11.3 Å². The molecular weight excluding hydrogens is 336 g/mol. The minimum absolute atomic E-state index is 0.0954. The molecule has 0 saturated carbocycles. The monoisotopic (exact) mass is 352 g/mol. The maximum Gasteiger partial charge on any atom is 0.266 e. The van der Waals surface area contributed by atoms with Gasteiger partial charge in [-0.15, -0.1) is 11.3 Å². The lowest BCUT2D eigenvalue weighted by Gasteiger charge is -2.12. The summed E-state index contributed by atoms with van der Waals surface area (Å²) in [5, 5.41) is 24.2. The number of aromatic amines is 1. The molecule has 2 aromatic heterocycles. The average Bonchev–Trinajstić information content (AvgIpc) is 3.08. The van der Waals surface area contributed by atoms with Gasteiger partial charge in [0.05, 0.1) is 0 Å². The van der Waals surface area contributed by atoms with E-state index >= 15 is 0 Å². The van der Waals surface area contributed by atoms with Gasteiger partial charge in [0.25, 0.3) is 5.56 Å². The van der Waals surface area contributed by atoms with Crippen LogP contribution in [0.1, 0.15) is 5.56 Å². The Morgan fingerprint density at radius 2 is 1.92 bits per heavy atom. The maximum absolute atomic E-state index is 12.2. The number of hydrogen-bond acceptors (Lipinski definition) is 5. The summed E-state index contributed by atoms with van der Waals surface area (Å²) in [6.45, 7) is 0.448. The van der Waals surface area contributed by atoms with Crippen molar-refractivity contribution in [1.29, 1.82) is 0 Å². The summed E-state index contributed by atoms with van der Waals surface area (Å²) in [4.78, 5) is 15.1. The topological polar surface area (TPSA) is 99.3 Å². The SMILES string of the molecule is NCCc1ccc(-c2c(O)ccc3[nH]c(=O)c4sccc4c23)cc1O. The van der Waals surface area contributed by atoms with E-state index < -0.39 is 0 Å². The molecule has 126 valence electrons. The fourth-order valence-corrected chi connectivity index (χ4v) is 4.01. The smallest absolute Gasteiger partial charge is 0.266 e. The Morgan fingerprint density at radius 3 is 2.68 bits per heavy atom. The number of aromatic nitrogens is 1. The third-order valence-electron chi connectivity index (χ3n) is 4.36. The lowest BCUT2D eigenvalue weighted by atomic mass is 9.95. The second kappa shape index (κ2) is 5.91. The number of fused-ring (bicyclic) bond motifs is 3. The average molecular weight is 352 g/mol. The van der Waals surface area contributed by atoms with E-state index in [0.29, 0.717) is 34.3 Å². The second-order valence-electron chi connectivity index (χ2n) is 5.88. The molecule has 0 spiro atoms. The Hall–Kier alpha value is -2.83. The largest absolute Gasteiger partial charge is 0.508 e. The molecule has 0 radical (unpaired) electrons. The lowest BCUT2D eigenvalue weighted by molar-refractivity contribution is 0.468. The summed E-state index contributed by atoms with van der Waals surface area (Å²) in [6.07, 6.45) is 0.579. The Kier molecular flexibility index (Phi) is 3.71. The number of H-pyrrole nitrogens is 1. The van der Waals surface area contributed by atoms with Crippen molar-refractivity contribution in [2.24, 2.45) is 5.73 Å². The van der Waals surface area contributed by atoms with Crippen LogP contribution >= 0.6 is 11.3 Å². The van der Waals surface area contributed by atoms with Crippen molar-refractivity contribution in [2.45, 2.75) is 6.42 Å². The molecule has 4 aromatic rings. The molecule has 0 aliphatic carbocycles. The Morgan fingerprint density at radius 1 is 1.08 bits per heavy atom. The van der Waals surface area contributed by atoms with Crippen LogP contribution in [0.2, 0.25) is 0 Å². The summed E-state index contributed by atoms with van der Waals surface area (Å²) in [5.74, 6) is 0.239. The van der Waals surface area contributed by atoms with E-state index in [1.807, 2.05) is 23.6 Å². The predicted molar refractivity (Wildman–Crippen MR) is 101 cm³/mol. The Bertz CT molecular complexity index is 1160. The van der Waals surface area contributed by atoms with Crippen LogP contribution in [0.25, 0.3) is 32.1 Å². The summed E-state index contributed by atoms with van der Waals surface area (Å²) < 4.78 is 0.614.